The molecule has 0 atom stereocenters. The largest absolute Gasteiger partial charge is 0.369 e. The van der Waals surface area contributed by atoms with Crippen LogP contribution >= 0.6 is 0 Å². The molecule has 3 heterocycles. The summed E-state index contributed by atoms with van der Waals surface area (Å²) in [6, 6.07) is 7.67. The molecular weight excluding hydrogens is 303 g/mol. The second kappa shape index (κ2) is 7.38. The minimum Gasteiger partial charge on any atom is -0.369 e. The predicted octanol–water partition coefficient (Wildman–Crippen LogP) is 1.73. The standard InChI is InChI=1S/C19H29FN4/c20-17-3-5-18(6-4-17)23-11-13-24(14-12-23)19-15-22(16-19)10-9-21-7-1-2-8-21/h3-6,19H,1-2,7-16H2. The van der Waals surface area contributed by atoms with Crippen LogP contribution in [0, 0.1) is 5.82 Å². The van der Waals surface area contributed by atoms with Crippen LogP contribution in [0.2, 0.25) is 0 Å². The van der Waals surface area contributed by atoms with Crippen LogP contribution in [-0.4, -0.2) is 86.2 Å². The van der Waals surface area contributed by atoms with Gasteiger partial charge in [-0.2, -0.15) is 0 Å². The van der Waals surface area contributed by atoms with Crippen molar-refractivity contribution in [2.24, 2.45) is 0 Å². The normalized spacial score (nSPS) is 24.5. The number of rotatable bonds is 5. The Bertz CT molecular complexity index is 515. The molecule has 3 saturated heterocycles. The van der Waals surface area contributed by atoms with Gasteiger partial charge in [0.2, 0.25) is 0 Å². The summed E-state index contributed by atoms with van der Waals surface area (Å²) >= 11 is 0. The van der Waals surface area contributed by atoms with Gasteiger partial charge < -0.3 is 9.80 Å². The van der Waals surface area contributed by atoms with Crippen LogP contribution in [0.15, 0.2) is 24.3 Å². The highest BCUT2D eigenvalue weighted by molar-refractivity contribution is 5.46. The first-order valence-corrected chi connectivity index (χ1v) is 9.47. The lowest BCUT2D eigenvalue weighted by atomic mass is 10.1. The first-order chi connectivity index (χ1) is 11.8. The summed E-state index contributed by atoms with van der Waals surface area (Å²) < 4.78 is 13.0. The van der Waals surface area contributed by atoms with Gasteiger partial charge in [-0.25, -0.2) is 4.39 Å². The Kier molecular flexibility index (Phi) is 5.01. The molecule has 3 aliphatic heterocycles. The predicted molar refractivity (Wildman–Crippen MR) is 96.1 cm³/mol. The van der Waals surface area contributed by atoms with Gasteiger partial charge >= 0.3 is 0 Å². The fourth-order valence-corrected chi connectivity index (χ4v) is 4.24. The van der Waals surface area contributed by atoms with Crippen molar-refractivity contribution >= 4 is 5.69 Å². The van der Waals surface area contributed by atoms with Gasteiger partial charge in [0.25, 0.3) is 0 Å². The van der Waals surface area contributed by atoms with Gasteiger partial charge in [0.1, 0.15) is 5.82 Å². The fraction of sp³-hybridized carbons (Fsp3) is 0.684. The number of hydrogen-bond acceptors (Lipinski definition) is 4. The number of nitrogens with zero attached hydrogens (tertiary/aromatic N) is 4. The van der Waals surface area contributed by atoms with Gasteiger partial charge in [-0.1, -0.05) is 0 Å². The third-order valence-corrected chi connectivity index (χ3v) is 5.89. The summed E-state index contributed by atoms with van der Waals surface area (Å²) in [7, 11) is 0. The molecule has 0 spiro atoms. The summed E-state index contributed by atoms with van der Waals surface area (Å²) in [5.74, 6) is -0.152. The van der Waals surface area contributed by atoms with E-state index in [1.165, 1.54) is 52.1 Å². The Labute approximate surface area is 144 Å². The molecule has 0 aliphatic carbocycles. The van der Waals surface area contributed by atoms with Crippen molar-refractivity contribution in [3.8, 4) is 0 Å². The van der Waals surface area contributed by atoms with Gasteiger partial charge in [0, 0.05) is 64.1 Å². The van der Waals surface area contributed by atoms with Crippen molar-refractivity contribution in [2.45, 2.75) is 18.9 Å². The molecule has 0 aromatic heterocycles. The van der Waals surface area contributed by atoms with Crippen LogP contribution in [0.4, 0.5) is 10.1 Å². The lowest BCUT2D eigenvalue weighted by Gasteiger charge is -2.48. The molecule has 5 heteroatoms. The van der Waals surface area contributed by atoms with E-state index in [0.29, 0.717) is 0 Å². The Morgan fingerprint density at radius 3 is 2.08 bits per heavy atom. The maximum Gasteiger partial charge on any atom is 0.123 e. The molecule has 1 aromatic rings. The minimum absolute atomic E-state index is 0.152. The van der Waals surface area contributed by atoms with E-state index in [9.17, 15) is 4.39 Å². The average Bonchev–Trinajstić information content (AvgIpc) is 3.08. The first-order valence-electron chi connectivity index (χ1n) is 9.47. The van der Waals surface area contributed by atoms with E-state index in [1.807, 2.05) is 12.1 Å². The zero-order chi connectivity index (χ0) is 16.4. The monoisotopic (exact) mass is 332 g/mol. The van der Waals surface area contributed by atoms with E-state index in [1.54, 1.807) is 12.1 Å². The van der Waals surface area contributed by atoms with Crippen LogP contribution in [-0.2, 0) is 0 Å². The van der Waals surface area contributed by atoms with Crippen molar-refractivity contribution in [3.05, 3.63) is 30.1 Å². The molecule has 1 aromatic carbocycles. The van der Waals surface area contributed by atoms with E-state index in [2.05, 4.69) is 19.6 Å². The van der Waals surface area contributed by atoms with Crippen molar-refractivity contribution < 1.29 is 4.39 Å². The minimum atomic E-state index is -0.152. The van der Waals surface area contributed by atoms with Gasteiger partial charge in [-0.15, -0.1) is 0 Å². The van der Waals surface area contributed by atoms with E-state index in [-0.39, 0.29) is 5.82 Å². The maximum atomic E-state index is 13.0. The van der Waals surface area contributed by atoms with Crippen LogP contribution < -0.4 is 4.90 Å². The summed E-state index contributed by atoms with van der Waals surface area (Å²) in [6.07, 6.45) is 2.78. The second-order valence-corrected chi connectivity index (χ2v) is 7.46. The molecule has 0 N–H and O–H groups in total. The number of anilines is 1. The number of piperazine rings is 1. The lowest BCUT2D eigenvalue weighted by molar-refractivity contribution is 0.0262. The molecule has 0 bridgehead atoms. The summed E-state index contributed by atoms with van der Waals surface area (Å²) in [5.41, 5.74) is 1.15. The summed E-state index contributed by atoms with van der Waals surface area (Å²) in [5, 5.41) is 0. The molecule has 3 aliphatic rings. The Morgan fingerprint density at radius 1 is 0.792 bits per heavy atom. The average molecular weight is 332 g/mol. The fourth-order valence-electron chi connectivity index (χ4n) is 4.24. The van der Waals surface area contributed by atoms with E-state index < -0.39 is 0 Å². The highest BCUT2D eigenvalue weighted by Gasteiger charge is 2.33. The topological polar surface area (TPSA) is 13.0 Å². The van der Waals surface area contributed by atoms with E-state index in [4.69, 9.17) is 0 Å². The van der Waals surface area contributed by atoms with Crippen LogP contribution in [0.3, 0.4) is 0 Å². The number of benzene rings is 1. The molecule has 24 heavy (non-hydrogen) atoms. The van der Waals surface area contributed by atoms with Gasteiger partial charge in [0.15, 0.2) is 0 Å². The van der Waals surface area contributed by atoms with Gasteiger partial charge in [0.05, 0.1) is 0 Å². The molecular formula is C19H29FN4. The summed E-state index contributed by atoms with van der Waals surface area (Å²) in [4.78, 5) is 10.2. The number of halogens is 1. The third-order valence-electron chi connectivity index (χ3n) is 5.89. The van der Waals surface area contributed by atoms with Crippen molar-refractivity contribution in [3.63, 3.8) is 0 Å². The number of hydrogen-bond donors (Lipinski definition) is 0. The molecule has 4 rings (SSSR count). The van der Waals surface area contributed by atoms with Crippen molar-refractivity contribution in [1.29, 1.82) is 0 Å². The molecule has 3 fully saturated rings. The highest BCUT2D eigenvalue weighted by atomic mass is 19.1. The SMILES string of the molecule is Fc1ccc(N2CCN(C3CN(CCN4CCCC4)C3)CC2)cc1. The van der Waals surface area contributed by atoms with Gasteiger partial charge in [-0.3, -0.25) is 9.80 Å². The van der Waals surface area contributed by atoms with Gasteiger partial charge in [-0.05, 0) is 50.2 Å². The van der Waals surface area contributed by atoms with Crippen LogP contribution in [0.5, 0.6) is 0 Å². The molecule has 0 radical (unpaired) electrons. The van der Waals surface area contributed by atoms with Crippen molar-refractivity contribution in [2.75, 3.05) is 70.3 Å². The Balaban J connectivity index is 1.17. The number of likely N-dealkylation sites (tertiary alicyclic amines) is 2. The first kappa shape index (κ1) is 16.3. The second-order valence-electron chi connectivity index (χ2n) is 7.46. The smallest absolute Gasteiger partial charge is 0.123 e. The van der Waals surface area contributed by atoms with Crippen LogP contribution in [0.1, 0.15) is 12.8 Å². The van der Waals surface area contributed by atoms with Crippen molar-refractivity contribution in [1.82, 2.24) is 14.7 Å². The quantitative estimate of drug-likeness (QED) is 0.814. The molecule has 4 nitrogen and oxygen atoms in total. The zero-order valence-corrected chi connectivity index (χ0v) is 14.5. The lowest BCUT2D eigenvalue weighted by Crippen LogP contribution is -2.63. The molecule has 132 valence electrons. The van der Waals surface area contributed by atoms with E-state index in [0.717, 1.165) is 37.9 Å². The van der Waals surface area contributed by atoms with Crippen LogP contribution in [0.25, 0.3) is 0 Å². The third kappa shape index (κ3) is 3.73. The van der Waals surface area contributed by atoms with E-state index >= 15 is 0 Å². The Morgan fingerprint density at radius 2 is 1.42 bits per heavy atom. The Hall–Kier alpha value is -1.17. The highest BCUT2D eigenvalue weighted by Crippen LogP contribution is 2.21. The summed E-state index contributed by atoms with van der Waals surface area (Å²) in [6.45, 7) is 12.0. The zero-order valence-electron chi connectivity index (χ0n) is 14.5. The molecule has 0 saturated carbocycles. The molecule has 0 unspecified atom stereocenters. The molecule has 0 amide bonds. The maximum absolute atomic E-state index is 13.0.